The highest BCUT2D eigenvalue weighted by Gasteiger charge is 2.36. The number of aliphatic hydroxyl groups is 1. The number of hydrogen-bond donors (Lipinski definition) is 1. The summed E-state index contributed by atoms with van der Waals surface area (Å²) >= 11 is 0. The number of hydrogen-bond acceptors (Lipinski definition) is 4. The smallest absolute Gasteiger partial charge is 0.259 e. The van der Waals surface area contributed by atoms with Crippen LogP contribution in [-0.4, -0.2) is 40.7 Å². The number of amides is 1. The first-order valence-corrected chi connectivity index (χ1v) is 7.33. The summed E-state index contributed by atoms with van der Waals surface area (Å²) in [5.41, 5.74) is 0.989. The highest BCUT2D eigenvalue weighted by atomic mass is 19.1. The van der Waals surface area contributed by atoms with Crippen molar-refractivity contribution >= 4 is 5.91 Å². The molecule has 0 saturated carbocycles. The third kappa shape index (κ3) is 3.03. The lowest BCUT2D eigenvalue weighted by atomic mass is 10.0. The Kier molecular flexibility index (Phi) is 4.25. The van der Waals surface area contributed by atoms with Crippen LogP contribution in [0, 0.1) is 5.82 Å². The lowest BCUT2D eigenvalue weighted by molar-refractivity contribution is 0.0711. The van der Waals surface area contributed by atoms with Crippen LogP contribution in [0.2, 0.25) is 0 Å². The second-order valence-corrected chi connectivity index (χ2v) is 5.48. The Bertz CT molecular complexity index is 722. The van der Waals surface area contributed by atoms with Crippen LogP contribution in [0.5, 0.6) is 5.88 Å². The number of likely N-dealkylation sites (tertiary alicyclic amines) is 1. The number of carbonyl (C=O) groups excluding carboxylic acids is 1. The van der Waals surface area contributed by atoms with Gasteiger partial charge in [0.2, 0.25) is 5.88 Å². The van der Waals surface area contributed by atoms with Crippen molar-refractivity contribution in [3.63, 3.8) is 0 Å². The summed E-state index contributed by atoms with van der Waals surface area (Å²) in [6, 6.07) is 9.00. The molecule has 2 aromatic rings. The Labute approximate surface area is 133 Å². The molecule has 1 fully saturated rings. The van der Waals surface area contributed by atoms with Gasteiger partial charge in [-0.15, -0.1) is 0 Å². The molecule has 0 bridgehead atoms. The van der Waals surface area contributed by atoms with Gasteiger partial charge in [0.05, 0.1) is 19.3 Å². The van der Waals surface area contributed by atoms with E-state index in [9.17, 15) is 14.3 Å². The molecule has 1 amide bonds. The van der Waals surface area contributed by atoms with E-state index in [-0.39, 0.29) is 30.2 Å². The zero-order chi connectivity index (χ0) is 16.4. The van der Waals surface area contributed by atoms with Crippen LogP contribution in [-0.2, 0) is 0 Å². The van der Waals surface area contributed by atoms with Gasteiger partial charge < -0.3 is 14.7 Å². The van der Waals surface area contributed by atoms with Crippen molar-refractivity contribution in [2.75, 3.05) is 13.7 Å². The van der Waals surface area contributed by atoms with Crippen LogP contribution >= 0.6 is 0 Å². The predicted molar refractivity (Wildman–Crippen MR) is 81.6 cm³/mol. The van der Waals surface area contributed by atoms with Gasteiger partial charge in [-0.2, -0.15) is 0 Å². The fourth-order valence-electron chi connectivity index (χ4n) is 2.94. The predicted octanol–water partition coefficient (Wildman–Crippen LogP) is 2.18. The number of halogens is 1. The van der Waals surface area contributed by atoms with E-state index in [0.717, 1.165) is 0 Å². The number of pyridine rings is 1. The highest BCUT2D eigenvalue weighted by Crippen LogP contribution is 2.34. The Morgan fingerprint density at radius 2 is 2.22 bits per heavy atom. The van der Waals surface area contributed by atoms with E-state index in [2.05, 4.69) is 4.98 Å². The molecule has 1 aliphatic heterocycles. The summed E-state index contributed by atoms with van der Waals surface area (Å²) < 4.78 is 18.6. The quantitative estimate of drug-likeness (QED) is 0.943. The van der Waals surface area contributed by atoms with E-state index < -0.39 is 6.10 Å². The SMILES string of the molecule is COc1ncccc1C(=O)N1C[C@H](O)C[C@@H]1c1cccc(F)c1. The molecule has 120 valence electrons. The average Bonchev–Trinajstić information content (AvgIpc) is 2.96. The van der Waals surface area contributed by atoms with Crippen molar-refractivity contribution < 1.29 is 19.0 Å². The van der Waals surface area contributed by atoms with E-state index >= 15 is 0 Å². The number of nitrogens with zero attached hydrogens (tertiary/aromatic N) is 2. The first kappa shape index (κ1) is 15.4. The third-order valence-electron chi connectivity index (χ3n) is 3.97. The van der Waals surface area contributed by atoms with Gasteiger partial charge in [0.1, 0.15) is 11.4 Å². The minimum atomic E-state index is -0.644. The largest absolute Gasteiger partial charge is 0.480 e. The molecule has 5 nitrogen and oxygen atoms in total. The maximum absolute atomic E-state index is 13.5. The summed E-state index contributed by atoms with van der Waals surface area (Å²) in [7, 11) is 1.45. The maximum atomic E-state index is 13.5. The van der Waals surface area contributed by atoms with Gasteiger partial charge in [-0.05, 0) is 36.2 Å². The van der Waals surface area contributed by atoms with Crippen LogP contribution in [0.4, 0.5) is 4.39 Å². The van der Waals surface area contributed by atoms with E-state index in [1.54, 1.807) is 35.4 Å². The van der Waals surface area contributed by atoms with Gasteiger partial charge in [0, 0.05) is 12.7 Å². The minimum absolute atomic E-state index is 0.193. The molecule has 23 heavy (non-hydrogen) atoms. The molecule has 3 rings (SSSR count). The van der Waals surface area contributed by atoms with E-state index in [1.807, 2.05) is 0 Å². The minimum Gasteiger partial charge on any atom is -0.480 e. The molecule has 1 aromatic carbocycles. The third-order valence-corrected chi connectivity index (χ3v) is 3.97. The molecule has 1 N–H and O–H groups in total. The average molecular weight is 316 g/mol. The zero-order valence-electron chi connectivity index (χ0n) is 12.6. The first-order chi connectivity index (χ1) is 11.1. The van der Waals surface area contributed by atoms with Crippen LogP contribution in [0.3, 0.4) is 0 Å². The van der Waals surface area contributed by atoms with Crippen LogP contribution in [0.15, 0.2) is 42.6 Å². The van der Waals surface area contributed by atoms with Gasteiger partial charge in [0.25, 0.3) is 5.91 Å². The van der Waals surface area contributed by atoms with Gasteiger partial charge in [-0.3, -0.25) is 4.79 Å². The van der Waals surface area contributed by atoms with Crippen molar-refractivity contribution in [2.24, 2.45) is 0 Å². The van der Waals surface area contributed by atoms with Crippen LogP contribution < -0.4 is 4.74 Å². The van der Waals surface area contributed by atoms with Crippen molar-refractivity contribution in [1.29, 1.82) is 0 Å². The lowest BCUT2D eigenvalue weighted by Gasteiger charge is -2.25. The summed E-state index contributed by atoms with van der Waals surface area (Å²) in [4.78, 5) is 18.4. The van der Waals surface area contributed by atoms with Gasteiger partial charge >= 0.3 is 0 Å². The second kappa shape index (κ2) is 6.34. The fraction of sp³-hybridized carbons (Fsp3) is 0.294. The van der Waals surface area contributed by atoms with Crippen molar-refractivity contribution in [1.82, 2.24) is 9.88 Å². The Balaban J connectivity index is 1.95. The molecule has 0 radical (unpaired) electrons. The lowest BCUT2D eigenvalue weighted by Crippen LogP contribution is -2.32. The number of aliphatic hydroxyl groups excluding tert-OH is 1. The van der Waals surface area contributed by atoms with Crippen molar-refractivity contribution in [3.05, 3.63) is 59.5 Å². The number of benzene rings is 1. The summed E-state index contributed by atoms with van der Waals surface area (Å²) in [6.07, 6.45) is 1.27. The Hall–Kier alpha value is -2.47. The molecule has 2 heterocycles. The summed E-state index contributed by atoms with van der Waals surface area (Å²) in [5, 5.41) is 9.99. The fourth-order valence-corrected chi connectivity index (χ4v) is 2.94. The van der Waals surface area contributed by atoms with E-state index in [4.69, 9.17) is 4.74 Å². The van der Waals surface area contributed by atoms with E-state index in [0.29, 0.717) is 17.5 Å². The second-order valence-electron chi connectivity index (χ2n) is 5.48. The molecule has 0 aliphatic carbocycles. The number of rotatable bonds is 3. The number of methoxy groups -OCH3 is 1. The number of β-amino-alcohol motifs (C(OH)–C–C–N with tert-alkyl or cyclic N) is 1. The molecule has 0 spiro atoms. The molecule has 2 atom stereocenters. The standard InChI is InChI=1S/C17H17FN2O3/c1-23-16-14(6-3-7-19-16)17(22)20-10-13(21)9-15(20)11-4-2-5-12(18)8-11/h2-8,13,15,21H,9-10H2,1H3/t13-,15-/m1/s1. The summed E-state index contributed by atoms with van der Waals surface area (Å²) in [5.74, 6) is -0.423. The molecule has 0 unspecified atom stereocenters. The number of carbonyl (C=O) groups is 1. The van der Waals surface area contributed by atoms with Gasteiger partial charge in [-0.25, -0.2) is 9.37 Å². The van der Waals surface area contributed by atoms with E-state index in [1.165, 1.54) is 19.2 Å². The molecule has 1 saturated heterocycles. The first-order valence-electron chi connectivity index (χ1n) is 7.33. The zero-order valence-corrected chi connectivity index (χ0v) is 12.6. The highest BCUT2D eigenvalue weighted by molar-refractivity contribution is 5.96. The molecule has 6 heteroatoms. The topological polar surface area (TPSA) is 62.7 Å². The number of ether oxygens (including phenoxy) is 1. The normalized spacial score (nSPS) is 20.6. The molecule has 1 aliphatic rings. The van der Waals surface area contributed by atoms with Gasteiger partial charge in [0.15, 0.2) is 0 Å². The van der Waals surface area contributed by atoms with Crippen molar-refractivity contribution in [2.45, 2.75) is 18.6 Å². The van der Waals surface area contributed by atoms with Crippen molar-refractivity contribution in [3.8, 4) is 5.88 Å². The molecular weight excluding hydrogens is 299 g/mol. The Morgan fingerprint density at radius 1 is 1.39 bits per heavy atom. The monoisotopic (exact) mass is 316 g/mol. The Morgan fingerprint density at radius 3 is 2.96 bits per heavy atom. The number of aromatic nitrogens is 1. The maximum Gasteiger partial charge on any atom is 0.259 e. The molecule has 1 aromatic heterocycles. The van der Waals surface area contributed by atoms with Crippen LogP contribution in [0.1, 0.15) is 28.4 Å². The van der Waals surface area contributed by atoms with Crippen LogP contribution in [0.25, 0.3) is 0 Å². The summed E-state index contributed by atoms with van der Waals surface area (Å²) in [6.45, 7) is 0.193. The van der Waals surface area contributed by atoms with Gasteiger partial charge in [-0.1, -0.05) is 12.1 Å². The molecular formula is C17H17FN2O3.